The Hall–Kier alpha value is -0.960. The van der Waals surface area contributed by atoms with Crippen LogP contribution in [0.2, 0.25) is 10.0 Å². The number of benzene rings is 2. The van der Waals surface area contributed by atoms with Crippen LogP contribution in [-0.4, -0.2) is 7.11 Å². The highest BCUT2D eigenvalue weighted by Gasteiger charge is 2.01. The van der Waals surface area contributed by atoms with Crippen LogP contribution in [0.25, 0.3) is 12.2 Å². The van der Waals surface area contributed by atoms with Crippen molar-refractivity contribution in [3.05, 3.63) is 63.1 Å². The van der Waals surface area contributed by atoms with E-state index in [1.54, 1.807) is 13.2 Å². The molecule has 1 nitrogen and oxygen atoms in total. The molecular weight excluding hydrogens is 359 g/mol. The third-order valence-corrected chi connectivity index (χ3v) is 4.17. The van der Waals surface area contributed by atoms with Gasteiger partial charge in [0.2, 0.25) is 0 Å². The van der Waals surface area contributed by atoms with E-state index < -0.39 is 0 Å². The van der Waals surface area contributed by atoms with E-state index in [1.807, 2.05) is 42.5 Å². The largest absolute Gasteiger partial charge is 0.497 e. The van der Waals surface area contributed by atoms with Gasteiger partial charge in [-0.25, -0.2) is 0 Å². The topological polar surface area (TPSA) is 9.23 Å². The van der Waals surface area contributed by atoms with E-state index in [-0.39, 0.29) is 0 Å². The first-order chi connectivity index (χ1) is 9.63. The lowest BCUT2D eigenvalue weighted by molar-refractivity contribution is 0.415. The first-order valence-corrected chi connectivity index (χ1v) is 7.88. The Morgan fingerprint density at radius 3 is 2.45 bits per heavy atom. The van der Waals surface area contributed by atoms with Gasteiger partial charge in [-0.15, -0.1) is 0 Å². The Kier molecular flexibility index (Phi) is 5.53. The second-order valence-corrected chi connectivity index (χ2v) is 5.58. The van der Waals surface area contributed by atoms with E-state index in [1.165, 1.54) is 0 Å². The summed E-state index contributed by atoms with van der Waals surface area (Å²) in [7, 11) is 1.62. The number of methoxy groups -OCH3 is 1. The third kappa shape index (κ3) is 3.78. The fourth-order valence-corrected chi connectivity index (χ4v) is 2.87. The molecular formula is C16H13BrCl2O. The number of ether oxygens (including phenoxy) is 1. The Labute approximate surface area is 137 Å². The van der Waals surface area contributed by atoms with Gasteiger partial charge in [0.15, 0.2) is 0 Å². The number of alkyl halides is 1. The summed E-state index contributed by atoms with van der Waals surface area (Å²) in [5.41, 5.74) is 3.05. The van der Waals surface area contributed by atoms with Crippen molar-refractivity contribution in [2.75, 3.05) is 7.11 Å². The molecule has 0 saturated heterocycles. The van der Waals surface area contributed by atoms with Gasteiger partial charge in [0.1, 0.15) is 5.75 Å². The number of halogens is 3. The number of hydrogen-bond donors (Lipinski definition) is 0. The van der Waals surface area contributed by atoms with Crippen LogP contribution in [0.3, 0.4) is 0 Å². The molecule has 0 aliphatic carbocycles. The smallest absolute Gasteiger partial charge is 0.120 e. The van der Waals surface area contributed by atoms with E-state index in [2.05, 4.69) is 15.9 Å². The van der Waals surface area contributed by atoms with Crippen molar-refractivity contribution in [2.45, 2.75) is 5.33 Å². The minimum Gasteiger partial charge on any atom is -0.497 e. The molecule has 0 unspecified atom stereocenters. The van der Waals surface area contributed by atoms with Gasteiger partial charge < -0.3 is 4.74 Å². The molecule has 0 spiro atoms. The highest BCUT2D eigenvalue weighted by molar-refractivity contribution is 9.08. The number of rotatable bonds is 4. The summed E-state index contributed by atoms with van der Waals surface area (Å²) in [6, 6.07) is 11.6. The van der Waals surface area contributed by atoms with Gasteiger partial charge in [-0.2, -0.15) is 0 Å². The molecule has 0 N–H and O–H groups in total. The van der Waals surface area contributed by atoms with Crippen molar-refractivity contribution >= 4 is 51.3 Å². The van der Waals surface area contributed by atoms with Gasteiger partial charge in [-0.1, -0.05) is 63.4 Å². The molecule has 0 bridgehead atoms. The van der Waals surface area contributed by atoms with Gasteiger partial charge in [0, 0.05) is 10.4 Å². The Morgan fingerprint density at radius 1 is 1.05 bits per heavy atom. The van der Waals surface area contributed by atoms with E-state index in [0.29, 0.717) is 5.02 Å². The van der Waals surface area contributed by atoms with Crippen LogP contribution in [0.15, 0.2) is 36.4 Å². The third-order valence-electron chi connectivity index (χ3n) is 2.88. The van der Waals surface area contributed by atoms with Crippen LogP contribution in [-0.2, 0) is 5.33 Å². The summed E-state index contributed by atoms with van der Waals surface area (Å²) in [6.07, 6.45) is 3.94. The fourth-order valence-electron chi connectivity index (χ4n) is 1.73. The molecule has 0 atom stereocenters. The highest BCUT2D eigenvalue weighted by Crippen LogP contribution is 2.25. The molecule has 2 rings (SSSR count). The molecule has 0 aromatic heterocycles. The maximum absolute atomic E-state index is 6.19. The summed E-state index contributed by atoms with van der Waals surface area (Å²) in [6.45, 7) is 0. The van der Waals surface area contributed by atoms with Crippen LogP contribution in [0, 0.1) is 0 Å². The molecule has 0 saturated carbocycles. The Morgan fingerprint density at radius 2 is 1.85 bits per heavy atom. The molecule has 0 aliphatic heterocycles. The Bertz CT molecular complexity index is 638. The first-order valence-electron chi connectivity index (χ1n) is 6.00. The molecule has 104 valence electrons. The van der Waals surface area contributed by atoms with E-state index in [9.17, 15) is 0 Å². The summed E-state index contributed by atoms with van der Waals surface area (Å²) < 4.78 is 5.12. The Balaban J connectivity index is 2.23. The van der Waals surface area contributed by atoms with Crippen LogP contribution in [0.4, 0.5) is 0 Å². The van der Waals surface area contributed by atoms with Gasteiger partial charge >= 0.3 is 0 Å². The van der Waals surface area contributed by atoms with E-state index in [0.717, 1.165) is 32.8 Å². The molecule has 4 heteroatoms. The molecule has 0 heterocycles. The van der Waals surface area contributed by atoms with Crippen LogP contribution < -0.4 is 4.74 Å². The van der Waals surface area contributed by atoms with Crippen LogP contribution >= 0.6 is 39.1 Å². The predicted molar refractivity (Wildman–Crippen MR) is 91.0 cm³/mol. The zero-order valence-electron chi connectivity index (χ0n) is 10.9. The summed E-state index contributed by atoms with van der Waals surface area (Å²) in [4.78, 5) is 0. The van der Waals surface area contributed by atoms with Crippen molar-refractivity contribution in [3.63, 3.8) is 0 Å². The summed E-state index contributed by atoms with van der Waals surface area (Å²) in [5.74, 6) is 0.747. The molecule has 0 fully saturated rings. The number of hydrogen-bond acceptors (Lipinski definition) is 1. The van der Waals surface area contributed by atoms with Crippen molar-refractivity contribution < 1.29 is 4.74 Å². The van der Waals surface area contributed by atoms with Gasteiger partial charge in [0.05, 0.1) is 12.1 Å². The monoisotopic (exact) mass is 370 g/mol. The van der Waals surface area contributed by atoms with Gasteiger partial charge in [-0.05, 0) is 41.0 Å². The minimum atomic E-state index is 0.656. The zero-order chi connectivity index (χ0) is 14.5. The van der Waals surface area contributed by atoms with Crippen LogP contribution in [0.5, 0.6) is 5.75 Å². The molecule has 0 radical (unpaired) electrons. The molecule has 20 heavy (non-hydrogen) atoms. The lowest BCUT2D eigenvalue weighted by atomic mass is 10.1. The van der Waals surface area contributed by atoms with Gasteiger partial charge in [0.25, 0.3) is 0 Å². The summed E-state index contributed by atoms with van der Waals surface area (Å²) >= 11 is 15.8. The van der Waals surface area contributed by atoms with Crippen molar-refractivity contribution in [3.8, 4) is 5.75 Å². The SMILES string of the molecule is COc1ccc(C=Cc2ccc(CBr)c(Cl)c2)c(Cl)c1. The average Bonchev–Trinajstić information content (AvgIpc) is 2.46. The molecule has 0 amide bonds. The van der Waals surface area contributed by atoms with Crippen LogP contribution in [0.1, 0.15) is 16.7 Å². The first kappa shape index (κ1) is 15.4. The molecule has 2 aromatic carbocycles. The van der Waals surface area contributed by atoms with Crippen molar-refractivity contribution in [1.82, 2.24) is 0 Å². The summed E-state index contributed by atoms with van der Waals surface area (Å²) in [5, 5.41) is 2.16. The second-order valence-electron chi connectivity index (χ2n) is 4.21. The lowest BCUT2D eigenvalue weighted by Gasteiger charge is -2.03. The van der Waals surface area contributed by atoms with E-state index >= 15 is 0 Å². The van der Waals surface area contributed by atoms with E-state index in [4.69, 9.17) is 27.9 Å². The predicted octanol–water partition coefficient (Wildman–Crippen LogP) is 6.07. The maximum atomic E-state index is 6.19. The molecule has 2 aromatic rings. The molecule has 0 aliphatic rings. The minimum absolute atomic E-state index is 0.656. The van der Waals surface area contributed by atoms with Crippen molar-refractivity contribution in [2.24, 2.45) is 0 Å². The quantitative estimate of drug-likeness (QED) is 0.468. The van der Waals surface area contributed by atoms with Gasteiger partial charge in [-0.3, -0.25) is 0 Å². The normalized spacial score (nSPS) is 11.0. The maximum Gasteiger partial charge on any atom is 0.120 e. The average molecular weight is 372 g/mol. The highest BCUT2D eigenvalue weighted by atomic mass is 79.9. The standard InChI is InChI=1S/C16H13BrCl2O/c1-20-14-7-6-12(16(19)9-14)4-2-11-3-5-13(10-17)15(18)8-11/h2-9H,10H2,1H3. The lowest BCUT2D eigenvalue weighted by Crippen LogP contribution is -1.84. The van der Waals surface area contributed by atoms with Crippen molar-refractivity contribution in [1.29, 1.82) is 0 Å². The second kappa shape index (κ2) is 7.16. The zero-order valence-corrected chi connectivity index (χ0v) is 14.0. The fraction of sp³-hybridized carbons (Fsp3) is 0.125.